The van der Waals surface area contributed by atoms with Crippen molar-refractivity contribution >= 4 is 10.8 Å². The molecule has 2 aromatic carbocycles. The molecule has 0 N–H and O–H groups in total. The highest BCUT2D eigenvalue weighted by atomic mass is 19.4. The van der Waals surface area contributed by atoms with Gasteiger partial charge in [-0.2, -0.15) is 22.0 Å². The fraction of sp³-hybridized carbons (Fsp3) is 0.364. The molecule has 1 fully saturated rings. The first-order valence-corrected chi connectivity index (χ1v) is 9.32. The van der Waals surface area contributed by atoms with E-state index < -0.39 is 57.7 Å². The molecular formula is C22H16F8O. The highest BCUT2D eigenvalue weighted by Gasteiger charge is 2.43. The number of ether oxygens (including phenoxy) is 1. The van der Waals surface area contributed by atoms with E-state index in [1.807, 2.05) is 0 Å². The number of rotatable bonds is 4. The van der Waals surface area contributed by atoms with Crippen LogP contribution in [0.25, 0.3) is 10.8 Å². The summed E-state index contributed by atoms with van der Waals surface area (Å²) >= 11 is 0. The van der Waals surface area contributed by atoms with E-state index in [-0.39, 0.29) is 18.8 Å². The molecule has 166 valence electrons. The molecule has 2 aromatic rings. The third-order valence-corrected chi connectivity index (χ3v) is 5.22. The SMILES string of the molecule is C=CC1CCC(C(F)(F)Oc2cc(F)c3c(F)c(C#CC(F)(F)F)c(F)cc3c2)CC1. The van der Waals surface area contributed by atoms with Gasteiger partial charge in [0.25, 0.3) is 0 Å². The van der Waals surface area contributed by atoms with Crippen LogP contribution >= 0.6 is 0 Å². The van der Waals surface area contributed by atoms with Gasteiger partial charge in [0.05, 0.1) is 16.9 Å². The van der Waals surface area contributed by atoms with Gasteiger partial charge < -0.3 is 4.74 Å². The Kier molecular flexibility index (Phi) is 6.21. The molecule has 0 bridgehead atoms. The minimum atomic E-state index is -5.01. The normalized spacial score (nSPS) is 19.6. The van der Waals surface area contributed by atoms with Crippen molar-refractivity contribution in [2.45, 2.75) is 38.0 Å². The minimum Gasteiger partial charge on any atom is -0.432 e. The van der Waals surface area contributed by atoms with E-state index in [0.29, 0.717) is 30.9 Å². The lowest BCUT2D eigenvalue weighted by molar-refractivity contribution is -0.223. The highest BCUT2D eigenvalue weighted by Crippen LogP contribution is 2.41. The Balaban J connectivity index is 1.93. The van der Waals surface area contributed by atoms with Crippen molar-refractivity contribution in [3.05, 3.63) is 53.9 Å². The summed E-state index contributed by atoms with van der Waals surface area (Å²) in [7, 11) is 0. The lowest BCUT2D eigenvalue weighted by atomic mass is 9.81. The van der Waals surface area contributed by atoms with Crippen molar-refractivity contribution in [2.24, 2.45) is 11.8 Å². The first-order chi connectivity index (χ1) is 14.4. The quantitative estimate of drug-likeness (QED) is 0.275. The summed E-state index contributed by atoms with van der Waals surface area (Å²) in [6.07, 6.45) is -5.66. The molecule has 31 heavy (non-hydrogen) atoms. The van der Waals surface area contributed by atoms with E-state index in [0.717, 1.165) is 6.07 Å². The van der Waals surface area contributed by atoms with Crippen LogP contribution in [-0.4, -0.2) is 12.3 Å². The number of hydrogen-bond acceptors (Lipinski definition) is 1. The van der Waals surface area contributed by atoms with Crippen LogP contribution in [0.3, 0.4) is 0 Å². The minimum absolute atomic E-state index is 0.130. The van der Waals surface area contributed by atoms with Gasteiger partial charge in [-0.3, -0.25) is 0 Å². The molecule has 3 rings (SSSR count). The first kappa shape index (κ1) is 22.9. The molecule has 0 aromatic heterocycles. The zero-order chi connectivity index (χ0) is 23.0. The van der Waals surface area contributed by atoms with Crippen LogP contribution in [0.2, 0.25) is 0 Å². The van der Waals surface area contributed by atoms with E-state index >= 15 is 0 Å². The molecule has 1 nitrogen and oxygen atoms in total. The number of allylic oxidation sites excluding steroid dienone is 1. The molecule has 1 saturated carbocycles. The maximum absolute atomic E-state index is 14.5. The summed E-state index contributed by atoms with van der Waals surface area (Å²) in [5.41, 5.74) is -1.28. The van der Waals surface area contributed by atoms with Gasteiger partial charge in [-0.1, -0.05) is 12.0 Å². The number of benzene rings is 2. The van der Waals surface area contributed by atoms with E-state index in [2.05, 4.69) is 11.3 Å². The Hall–Kier alpha value is -2.76. The summed E-state index contributed by atoms with van der Waals surface area (Å²) in [5, 5.41) is -1.37. The standard InChI is InChI=1S/C22H16F8O/c1-2-12-3-5-14(6-4-12)22(29,30)31-15-9-13-10-17(23)16(7-8-21(26,27)28)20(25)19(13)18(24)11-15/h2,9-12,14H,1,3-6H2. The predicted molar refractivity (Wildman–Crippen MR) is 98.0 cm³/mol. The molecule has 0 atom stereocenters. The summed E-state index contributed by atoms with van der Waals surface area (Å²) in [6, 6.07) is 1.80. The largest absolute Gasteiger partial charge is 0.458 e. The molecule has 0 amide bonds. The third-order valence-electron chi connectivity index (χ3n) is 5.22. The monoisotopic (exact) mass is 448 g/mol. The molecular weight excluding hydrogens is 432 g/mol. The van der Waals surface area contributed by atoms with Crippen LogP contribution in [0.4, 0.5) is 35.1 Å². The topological polar surface area (TPSA) is 9.23 Å². The maximum Gasteiger partial charge on any atom is 0.458 e. The van der Waals surface area contributed by atoms with Gasteiger partial charge >= 0.3 is 12.3 Å². The second kappa shape index (κ2) is 8.40. The van der Waals surface area contributed by atoms with Crippen LogP contribution in [0, 0.1) is 41.1 Å². The number of hydrogen-bond donors (Lipinski definition) is 0. The van der Waals surface area contributed by atoms with E-state index in [1.165, 1.54) is 5.92 Å². The average molecular weight is 448 g/mol. The van der Waals surface area contributed by atoms with Crippen molar-refractivity contribution in [1.29, 1.82) is 0 Å². The van der Waals surface area contributed by atoms with Crippen LogP contribution in [0.15, 0.2) is 30.9 Å². The Labute approximate surface area is 172 Å². The van der Waals surface area contributed by atoms with E-state index in [1.54, 1.807) is 6.08 Å². The van der Waals surface area contributed by atoms with Crippen LogP contribution < -0.4 is 4.74 Å². The molecule has 0 saturated heterocycles. The highest BCUT2D eigenvalue weighted by molar-refractivity contribution is 5.87. The number of halogens is 8. The third kappa shape index (κ3) is 5.12. The summed E-state index contributed by atoms with van der Waals surface area (Å²) < 4.78 is 113. The first-order valence-electron chi connectivity index (χ1n) is 9.32. The molecule has 0 radical (unpaired) electrons. The Morgan fingerprint density at radius 3 is 2.16 bits per heavy atom. The molecule has 0 heterocycles. The van der Waals surface area contributed by atoms with Gasteiger partial charge in [0.15, 0.2) is 5.82 Å². The van der Waals surface area contributed by atoms with Crippen molar-refractivity contribution in [3.63, 3.8) is 0 Å². The lowest BCUT2D eigenvalue weighted by Gasteiger charge is -2.32. The number of fused-ring (bicyclic) bond motifs is 1. The van der Waals surface area contributed by atoms with Gasteiger partial charge in [-0.05, 0) is 49.1 Å². The zero-order valence-corrected chi connectivity index (χ0v) is 15.9. The second-order valence-corrected chi connectivity index (χ2v) is 7.31. The molecule has 1 aliphatic rings. The van der Waals surface area contributed by atoms with Crippen molar-refractivity contribution < 1.29 is 39.9 Å². The van der Waals surface area contributed by atoms with Gasteiger partial charge in [0.2, 0.25) is 0 Å². The fourth-order valence-corrected chi connectivity index (χ4v) is 3.62. The van der Waals surface area contributed by atoms with Crippen LogP contribution in [-0.2, 0) is 0 Å². The molecule has 1 aliphatic carbocycles. The molecule has 0 aliphatic heterocycles. The van der Waals surface area contributed by atoms with E-state index in [9.17, 15) is 35.1 Å². The maximum atomic E-state index is 14.5. The van der Waals surface area contributed by atoms with Gasteiger partial charge in [0, 0.05) is 12.0 Å². The van der Waals surface area contributed by atoms with Crippen molar-refractivity contribution in [1.82, 2.24) is 0 Å². The van der Waals surface area contributed by atoms with Crippen molar-refractivity contribution in [2.75, 3.05) is 0 Å². The molecule has 9 heteroatoms. The zero-order valence-electron chi connectivity index (χ0n) is 15.9. The van der Waals surface area contributed by atoms with Gasteiger partial charge in [-0.25, -0.2) is 13.2 Å². The van der Waals surface area contributed by atoms with Crippen molar-refractivity contribution in [3.8, 4) is 17.6 Å². The summed E-state index contributed by atoms with van der Waals surface area (Å²) in [4.78, 5) is 0. The average Bonchev–Trinajstić information content (AvgIpc) is 2.66. The van der Waals surface area contributed by atoms with E-state index in [4.69, 9.17) is 0 Å². The summed E-state index contributed by atoms with van der Waals surface area (Å²) in [6.45, 7) is 3.64. The molecule has 0 unspecified atom stereocenters. The Morgan fingerprint density at radius 2 is 1.58 bits per heavy atom. The smallest absolute Gasteiger partial charge is 0.432 e. The summed E-state index contributed by atoms with van der Waals surface area (Å²) in [5.74, 6) is -4.21. The van der Waals surface area contributed by atoms with Crippen LogP contribution in [0.5, 0.6) is 5.75 Å². The Bertz CT molecular complexity index is 1050. The van der Waals surface area contributed by atoms with Gasteiger partial charge in [0.1, 0.15) is 17.4 Å². The van der Waals surface area contributed by atoms with Crippen LogP contribution in [0.1, 0.15) is 31.2 Å². The lowest BCUT2D eigenvalue weighted by Crippen LogP contribution is -2.37. The Morgan fingerprint density at radius 1 is 0.935 bits per heavy atom. The second-order valence-electron chi connectivity index (χ2n) is 7.31. The molecule has 0 spiro atoms. The van der Waals surface area contributed by atoms with Gasteiger partial charge in [-0.15, -0.1) is 6.58 Å². The predicted octanol–water partition coefficient (Wildman–Crippen LogP) is 7.13. The number of alkyl halides is 5. The fourth-order valence-electron chi connectivity index (χ4n) is 3.62.